The van der Waals surface area contributed by atoms with E-state index in [9.17, 15) is 14.4 Å². The molecule has 2 atom stereocenters. The number of carbonyl (C=O) groups is 3. The zero-order valence-electron chi connectivity index (χ0n) is 19.3. The molecule has 0 fully saturated rings. The van der Waals surface area contributed by atoms with E-state index in [0.29, 0.717) is 17.9 Å². The lowest BCUT2D eigenvalue weighted by molar-refractivity contribution is -0.148. The molecule has 8 nitrogen and oxygen atoms in total. The van der Waals surface area contributed by atoms with Crippen LogP contribution in [0.3, 0.4) is 0 Å². The number of unbranched alkanes of at least 4 members (excludes halogenated alkanes) is 1. The van der Waals surface area contributed by atoms with E-state index in [-0.39, 0.29) is 0 Å². The van der Waals surface area contributed by atoms with Crippen LogP contribution in [-0.2, 0) is 19.1 Å². The molecule has 0 heterocycles. The van der Waals surface area contributed by atoms with Crippen molar-refractivity contribution >= 4 is 40.6 Å². The topological polar surface area (TPSA) is 94.2 Å². The summed E-state index contributed by atoms with van der Waals surface area (Å²) in [6.45, 7) is 9.09. The first-order valence-corrected chi connectivity index (χ1v) is 11.2. The molecule has 1 N–H and O–H groups in total. The van der Waals surface area contributed by atoms with Gasteiger partial charge in [0.25, 0.3) is 0 Å². The van der Waals surface area contributed by atoms with Gasteiger partial charge in [-0.25, -0.2) is 9.59 Å². The number of methoxy groups -OCH3 is 1. The molecule has 0 bridgehead atoms. The summed E-state index contributed by atoms with van der Waals surface area (Å²) in [5, 5.41) is 2.66. The van der Waals surface area contributed by atoms with E-state index < -0.39 is 35.7 Å². The number of benzene rings is 1. The molecule has 0 aliphatic heterocycles. The molecule has 9 heteroatoms. The molecule has 0 saturated heterocycles. The Balaban J connectivity index is 3.14. The molecule has 0 aromatic heterocycles. The fraction of sp³-hybridized carbons (Fsp3) is 0.591. The fourth-order valence-electron chi connectivity index (χ4n) is 2.64. The van der Waals surface area contributed by atoms with Crippen LogP contribution in [0.15, 0.2) is 18.2 Å². The number of ether oxygens (including phenoxy) is 3. The van der Waals surface area contributed by atoms with Crippen LogP contribution < -0.4 is 10.1 Å². The summed E-state index contributed by atoms with van der Waals surface area (Å²) in [5.74, 6) is -0.393. The predicted molar refractivity (Wildman–Crippen MR) is 126 cm³/mol. The third-order valence-corrected chi connectivity index (χ3v) is 5.11. The van der Waals surface area contributed by atoms with Gasteiger partial charge in [-0.1, -0.05) is 19.4 Å². The van der Waals surface area contributed by atoms with Gasteiger partial charge in [0.1, 0.15) is 23.4 Å². The lowest BCUT2D eigenvalue weighted by Gasteiger charge is -2.31. The first-order valence-electron chi connectivity index (χ1n) is 10.2. The van der Waals surface area contributed by atoms with E-state index in [0.717, 1.165) is 16.4 Å². The molecule has 1 aromatic rings. The van der Waals surface area contributed by atoms with Crippen LogP contribution in [0.5, 0.6) is 5.75 Å². The van der Waals surface area contributed by atoms with Gasteiger partial charge in [-0.05, 0) is 74.4 Å². The van der Waals surface area contributed by atoms with Crippen LogP contribution in [0.4, 0.5) is 4.79 Å². The average Bonchev–Trinajstić information content (AvgIpc) is 2.66. The normalized spacial score (nSPS) is 13.0. The third kappa shape index (κ3) is 8.54. The Morgan fingerprint density at radius 3 is 2.39 bits per heavy atom. The maximum atomic E-state index is 13.2. The van der Waals surface area contributed by atoms with E-state index >= 15 is 0 Å². The minimum absolute atomic E-state index is 0.299. The van der Waals surface area contributed by atoms with E-state index in [1.54, 1.807) is 53.0 Å². The molecule has 0 aliphatic rings. The lowest BCUT2D eigenvalue weighted by Crippen LogP contribution is -2.48. The van der Waals surface area contributed by atoms with Crippen LogP contribution >= 0.6 is 22.6 Å². The number of amides is 2. The summed E-state index contributed by atoms with van der Waals surface area (Å²) in [6, 6.07) is 3.31. The number of carbonyl (C=O) groups excluding carboxylic acids is 3. The van der Waals surface area contributed by atoms with Crippen LogP contribution in [0.2, 0.25) is 0 Å². The minimum Gasteiger partial charge on any atom is -0.496 e. The van der Waals surface area contributed by atoms with Gasteiger partial charge < -0.3 is 19.5 Å². The molecule has 1 aromatic carbocycles. The second-order valence-corrected chi connectivity index (χ2v) is 9.30. The van der Waals surface area contributed by atoms with Crippen molar-refractivity contribution in [3.8, 4) is 5.75 Å². The second-order valence-electron chi connectivity index (χ2n) is 8.14. The van der Waals surface area contributed by atoms with Crippen molar-refractivity contribution < 1.29 is 28.6 Å². The first kappa shape index (κ1) is 27.0. The summed E-state index contributed by atoms with van der Waals surface area (Å²) in [7, 11) is 3.04. The Labute approximate surface area is 198 Å². The Bertz CT molecular complexity index is 778. The molecule has 31 heavy (non-hydrogen) atoms. The highest BCUT2D eigenvalue weighted by molar-refractivity contribution is 14.1. The zero-order chi connectivity index (χ0) is 23.8. The number of nitrogens with one attached hydrogen (secondary N) is 1. The summed E-state index contributed by atoms with van der Waals surface area (Å²) >= 11 is 2.09. The molecular weight excluding hydrogens is 515 g/mol. The minimum atomic E-state index is -1.01. The summed E-state index contributed by atoms with van der Waals surface area (Å²) < 4.78 is 16.7. The van der Waals surface area contributed by atoms with Gasteiger partial charge in [0.2, 0.25) is 5.91 Å². The molecule has 0 saturated carbocycles. The highest BCUT2D eigenvalue weighted by Gasteiger charge is 2.33. The Hall–Kier alpha value is -2.04. The number of rotatable bonds is 9. The number of hydrogen-bond acceptors (Lipinski definition) is 6. The van der Waals surface area contributed by atoms with E-state index in [4.69, 9.17) is 14.2 Å². The second kappa shape index (κ2) is 12.1. The van der Waals surface area contributed by atoms with Gasteiger partial charge in [-0.3, -0.25) is 9.69 Å². The van der Waals surface area contributed by atoms with Crippen molar-refractivity contribution in [2.75, 3.05) is 20.8 Å². The molecule has 0 spiro atoms. The smallest absolute Gasteiger partial charge is 0.410 e. The average molecular weight is 548 g/mol. The Morgan fingerprint density at radius 1 is 1.23 bits per heavy atom. The predicted octanol–water partition coefficient (Wildman–Crippen LogP) is 4.06. The highest BCUT2D eigenvalue weighted by Crippen LogP contribution is 2.28. The fourth-order valence-corrected chi connectivity index (χ4v) is 3.40. The van der Waals surface area contributed by atoms with Gasteiger partial charge in [0.15, 0.2) is 0 Å². The third-order valence-electron chi connectivity index (χ3n) is 4.26. The van der Waals surface area contributed by atoms with E-state index in [1.165, 1.54) is 11.9 Å². The van der Waals surface area contributed by atoms with Crippen molar-refractivity contribution in [2.45, 2.75) is 65.1 Å². The quantitative estimate of drug-likeness (QED) is 0.284. The maximum Gasteiger partial charge on any atom is 0.410 e. The number of esters is 1. The molecule has 1 rings (SSSR count). The van der Waals surface area contributed by atoms with Gasteiger partial charge in [-0.2, -0.15) is 0 Å². The summed E-state index contributed by atoms with van der Waals surface area (Å²) in [6.07, 6.45) is 0.991. The molecule has 0 unspecified atom stereocenters. The van der Waals surface area contributed by atoms with Crippen molar-refractivity contribution in [3.63, 3.8) is 0 Å². The Morgan fingerprint density at radius 2 is 1.87 bits per heavy atom. The number of likely N-dealkylation sites (N-methyl/N-ethyl adjacent to an activating group) is 1. The molecule has 0 aliphatic carbocycles. The van der Waals surface area contributed by atoms with Crippen LogP contribution in [0.1, 0.15) is 59.1 Å². The number of halogens is 1. The monoisotopic (exact) mass is 548 g/mol. The van der Waals surface area contributed by atoms with Crippen LogP contribution in [0.25, 0.3) is 0 Å². The summed E-state index contributed by atoms with van der Waals surface area (Å²) in [4.78, 5) is 39.2. The highest BCUT2D eigenvalue weighted by atomic mass is 127. The molecule has 174 valence electrons. The largest absolute Gasteiger partial charge is 0.496 e. The van der Waals surface area contributed by atoms with Crippen LogP contribution in [-0.4, -0.2) is 55.3 Å². The van der Waals surface area contributed by atoms with E-state index in [1.807, 2.05) is 6.92 Å². The molecule has 0 radical (unpaired) electrons. The van der Waals surface area contributed by atoms with E-state index in [2.05, 4.69) is 27.9 Å². The van der Waals surface area contributed by atoms with Crippen molar-refractivity contribution in [3.05, 3.63) is 27.3 Å². The van der Waals surface area contributed by atoms with Crippen LogP contribution in [0, 0.1) is 3.57 Å². The van der Waals surface area contributed by atoms with Crippen molar-refractivity contribution in [1.29, 1.82) is 0 Å². The van der Waals surface area contributed by atoms with Crippen molar-refractivity contribution in [2.24, 2.45) is 0 Å². The number of hydrogen-bond donors (Lipinski definition) is 1. The van der Waals surface area contributed by atoms with Gasteiger partial charge >= 0.3 is 12.1 Å². The zero-order valence-corrected chi connectivity index (χ0v) is 21.4. The van der Waals surface area contributed by atoms with Gasteiger partial charge in [0.05, 0.1) is 17.3 Å². The molecule has 2 amide bonds. The molecular formula is C22H33IN2O6. The maximum absolute atomic E-state index is 13.2. The standard InChI is InChI=1S/C22H33IN2O6/c1-8-9-12-30-20(27)14(2)24-19(26)18(25(6)21(28)31-22(3,4)5)15-10-11-17(29-7)16(23)13-15/h10-11,13-14,18H,8-9,12H2,1-7H3,(H,24,26)/t14-,18-/m0/s1. The lowest BCUT2D eigenvalue weighted by atomic mass is 10.0. The van der Waals surface area contributed by atoms with Crippen molar-refractivity contribution in [1.82, 2.24) is 10.2 Å². The number of nitrogens with zero attached hydrogens (tertiary/aromatic N) is 1. The SMILES string of the molecule is CCCCOC(=O)[C@H](C)NC(=O)[C@H](c1ccc(OC)c(I)c1)N(C)C(=O)OC(C)(C)C. The summed E-state index contributed by atoms with van der Waals surface area (Å²) in [5.41, 5.74) is -0.167. The van der Waals surface area contributed by atoms with Gasteiger partial charge in [-0.15, -0.1) is 0 Å². The Kier molecular flexibility index (Phi) is 10.5. The first-order chi connectivity index (χ1) is 14.4. The van der Waals surface area contributed by atoms with Gasteiger partial charge in [0, 0.05) is 7.05 Å².